The van der Waals surface area contributed by atoms with Crippen LogP contribution in [0.5, 0.6) is 0 Å². The first-order chi connectivity index (χ1) is 10.9. The van der Waals surface area contributed by atoms with Crippen LogP contribution in [0.2, 0.25) is 0 Å². The van der Waals surface area contributed by atoms with Gasteiger partial charge in [0.1, 0.15) is 5.82 Å². The Balaban J connectivity index is 2.04. The van der Waals surface area contributed by atoms with Gasteiger partial charge in [0.15, 0.2) is 0 Å². The van der Waals surface area contributed by atoms with E-state index in [1.165, 1.54) is 24.3 Å². The standard InChI is InChI=1S/C18H25FN2O2/c1-4-13(2)20(3)17(22)15-6-5-11-21(12-15)18(23)14-7-9-16(19)10-8-14/h7-10,13,15H,4-6,11-12H2,1-3H3. The van der Waals surface area contributed by atoms with Crippen LogP contribution in [0, 0.1) is 11.7 Å². The summed E-state index contributed by atoms with van der Waals surface area (Å²) in [6, 6.07) is 5.76. The third-order valence-electron chi connectivity index (χ3n) is 4.75. The summed E-state index contributed by atoms with van der Waals surface area (Å²) in [7, 11) is 1.83. The second-order valence-corrected chi connectivity index (χ2v) is 6.30. The molecule has 5 heteroatoms. The minimum Gasteiger partial charge on any atom is -0.343 e. The van der Waals surface area contributed by atoms with E-state index < -0.39 is 0 Å². The highest BCUT2D eigenvalue weighted by molar-refractivity contribution is 5.94. The van der Waals surface area contributed by atoms with E-state index in [-0.39, 0.29) is 29.6 Å². The zero-order valence-electron chi connectivity index (χ0n) is 14.1. The van der Waals surface area contributed by atoms with Crippen LogP contribution in [0.3, 0.4) is 0 Å². The van der Waals surface area contributed by atoms with Gasteiger partial charge in [-0.3, -0.25) is 9.59 Å². The first-order valence-electron chi connectivity index (χ1n) is 8.25. The van der Waals surface area contributed by atoms with Gasteiger partial charge in [-0.15, -0.1) is 0 Å². The topological polar surface area (TPSA) is 40.6 Å². The van der Waals surface area contributed by atoms with E-state index in [9.17, 15) is 14.0 Å². The van der Waals surface area contributed by atoms with Crippen LogP contribution >= 0.6 is 0 Å². The molecule has 2 amide bonds. The number of benzene rings is 1. The van der Waals surface area contributed by atoms with E-state index in [1.54, 1.807) is 9.80 Å². The number of carbonyl (C=O) groups is 2. The molecule has 1 aliphatic heterocycles. The second kappa shape index (κ2) is 7.57. The van der Waals surface area contributed by atoms with Crippen molar-refractivity contribution in [3.8, 4) is 0 Å². The van der Waals surface area contributed by atoms with E-state index in [4.69, 9.17) is 0 Å². The number of amides is 2. The molecule has 1 fully saturated rings. The molecule has 0 aliphatic carbocycles. The molecular weight excluding hydrogens is 295 g/mol. The van der Waals surface area contributed by atoms with Crippen LogP contribution in [0.4, 0.5) is 4.39 Å². The van der Waals surface area contributed by atoms with Gasteiger partial charge in [-0.1, -0.05) is 6.92 Å². The molecule has 0 spiro atoms. The highest BCUT2D eigenvalue weighted by atomic mass is 19.1. The Morgan fingerprint density at radius 1 is 1.35 bits per heavy atom. The molecule has 23 heavy (non-hydrogen) atoms. The molecule has 2 rings (SSSR count). The number of carbonyl (C=O) groups excluding carboxylic acids is 2. The Bertz CT molecular complexity index is 559. The first-order valence-corrected chi connectivity index (χ1v) is 8.25. The summed E-state index contributed by atoms with van der Waals surface area (Å²) in [6.45, 7) is 5.17. The quantitative estimate of drug-likeness (QED) is 0.856. The van der Waals surface area contributed by atoms with Gasteiger partial charge in [0, 0.05) is 31.7 Å². The van der Waals surface area contributed by atoms with Gasteiger partial charge in [0.2, 0.25) is 5.91 Å². The van der Waals surface area contributed by atoms with Gasteiger partial charge in [-0.2, -0.15) is 0 Å². The minimum absolute atomic E-state index is 0.107. The zero-order valence-corrected chi connectivity index (χ0v) is 14.1. The lowest BCUT2D eigenvalue weighted by Crippen LogP contribution is -2.47. The van der Waals surface area contributed by atoms with Gasteiger partial charge < -0.3 is 9.80 Å². The number of hydrogen-bond acceptors (Lipinski definition) is 2. The van der Waals surface area contributed by atoms with Crippen LogP contribution in [-0.4, -0.2) is 47.8 Å². The summed E-state index contributed by atoms with van der Waals surface area (Å²) < 4.78 is 13.0. The van der Waals surface area contributed by atoms with Crippen molar-refractivity contribution in [3.63, 3.8) is 0 Å². The SMILES string of the molecule is CCC(C)N(C)C(=O)C1CCCN(C(=O)c2ccc(F)cc2)C1. The van der Waals surface area contributed by atoms with Crippen LogP contribution in [-0.2, 0) is 4.79 Å². The molecule has 2 unspecified atom stereocenters. The van der Waals surface area contributed by atoms with E-state index in [1.807, 2.05) is 14.0 Å². The van der Waals surface area contributed by atoms with Crippen molar-refractivity contribution in [2.45, 2.75) is 39.2 Å². The number of hydrogen-bond donors (Lipinski definition) is 0. The number of piperidine rings is 1. The van der Waals surface area contributed by atoms with Gasteiger partial charge in [-0.05, 0) is 50.5 Å². The smallest absolute Gasteiger partial charge is 0.253 e. The predicted octanol–water partition coefficient (Wildman–Crippen LogP) is 2.93. The Hall–Kier alpha value is -1.91. The maximum absolute atomic E-state index is 13.0. The predicted molar refractivity (Wildman–Crippen MR) is 87.6 cm³/mol. The number of halogens is 1. The van der Waals surface area contributed by atoms with E-state index in [0.29, 0.717) is 18.7 Å². The fourth-order valence-corrected chi connectivity index (χ4v) is 2.92. The number of likely N-dealkylation sites (tertiary alicyclic amines) is 1. The largest absolute Gasteiger partial charge is 0.343 e. The molecule has 4 nitrogen and oxygen atoms in total. The van der Waals surface area contributed by atoms with Crippen LogP contribution < -0.4 is 0 Å². The normalized spacial score (nSPS) is 19.3. The molecule has 1 heterocycles. The fraction of sp³-hybridized carbons (Fsp3) is 0.556. The van der Waals surface area contributed by atoms with Crippen molar-refractivity contribution in [3.05, 3.63) is 35.6 Å². The fourth-order valence-electron chi connectivity index (χ4n) is 2.92. The number of rotatable bonds is 4. The molecule has 1 aromatic rings. The Kier molecular flexibility index (Phi) is 5.74. The van der Waals surface area contributed by atoms with Crippen LogP contribution in [0.15, 0.2) is 24.3 Å². The summed E-state index contributed by atoms with van der Waals surface area (Å²) in [6.07, 6.45) is 2.54. The average Bonchev–Trinajstić information content (AvgIpc) is 2.59. The third-order valence-corrected chi connectivity index (χ3v) is 4.75. The lowest BCUT2D eigenvalue weighted by Gasteiger charge is -2.35. The van der Waals surface area contributed by atoms with Gasteiger partial charge in [0.25, 0.3) is 5.91 Å². The lowest BCUT2D eigenvalue weighted by atomic mass is 9.95. The molecule has 0 radical (unpaired) electrons. The molecule has 1 aliphatic rings. The summed E-state index contributed by atoms with van der Waals surface area (Å²) >= 11 is 0. The molecule has 1 saturated heterocycles. The van der Waals surface area contributed by atoms with Crippen molar-refractivity contribution in [1.29, 1.82) is 0 Å². The highest BCUT2D eigenvalue weighted by Gasteiger charge is 2.31. The van der Waals surface area contributed by atoms with E-state index >= 15 is 0 Å². The van der Waals surface area contributed by atoms with E-state index in [2.05, 4.69) is 6.92 Å². The molecule has 1 aromatic carbocycles. The Morgan fingerprint density at radius 3 is 2.61 bits per heavy atom. The van der Waals surface area contributed by atoms with Crippen molar-refractivity contribution >= 4 is 11.8 Å². The van der Waals surface area contributed by atoms with Crippen molar-refractivity contribution in [2.24, 2.45) is 5.92 Å². The average molecular weight is 320 g/mol. The Labute approximate surface area is 137 Å². The van der Waals surface area contributed by atoms with Crippen molar-refractivity contribution in [2.75, 3.05) is 20.1 Å². The molecule has 0 aromatic heterocycles. The minimum atomic E-state index is -0.358. The first kappa shape index (κ1) is 17.4. The lowest BCUT2D eigenvalue weighted by molar-refractivity contribution is -0.137. The van der Waals surface area contributed by atoms with Crippen LogP contribution in [0.25, 0.3) is 0 Å². The summed E-state index contributed by atoms with van der Waals surface area (Å²) in [4.78, 5) is 28.6. The van der Waals surface area contributed by atoms with Crippen molar-refractivity contribution < 1.29 is 14.0 Å². The Morgan fingerprint density at radius 2 is 2.00 bits per heavy atom. The maximum Gasteiger partial charge on any atom is 0.253 e. The summed E-state index contributed by atoms with van der Waals surface area (Å²) in [5, 5.41) is 0. The monoisotopic (exact) mass is 320 g/mol. The van der Waals surface area contributed by atoms with E-state index in [0.717, 1.165) is 19.3 Å². The molecule has 0 bridgehead atoms. The molecule has 0 N–H and O–H groups in total. The number of nitrogens with zero attached hydrogens (tertiary/aromatic N) is 2. The van der Waals surface area contributed by atoms with Crippen LogP contribution in [0.1, 0.15) is 43.5 Å². The van der Waals surface area contributed by atoms with Crippen molar-refractivity contribution in [1.82, 2.24) is 9.80 Å². The molecule has 126 valence electrons. The van der Waals surface area contributed by atoms with Gasteiger partial charge in [0.05, 0.1) is 5.92 Å². The van der Waals surface area contributed by atoms with Gasteiger partial charge >= 0.3 is 0 Å². The molecule has 2 atom stereocenters. The third kappa shape index (κ3) is 4.09. The summed E-state index contributed by atoms with van der Waals surface area (Å²) in [5.74, 6) is -0.528. The maximum atomic E-state index is 13.0. The second-order valence-electron chi connectivity index (χ2n) is 6.30. The zero-order chi connectivity index (χ0) is 17.0. The summed E-state index contributed by atoms with van der Waals surface area (Å²) in [5.41, 5.74) is 0.467. The van der Waals surface area contributed by atoms with Gasteiger partial charge in [-0.25, -0.2) is 4.39 Å². The molecule has 0 saturated carbocycles. The molecular formula is C18H25FN2O2. The highest BCUT2D eigenvalue weighted by Crippen LogP contribution is 2.21.